The van der Waals surface area contributed by atoms with Gasteiger partial charge in [0.05, 0.1) is 5.56 Å². The number of amides is 2. The molecule has 0 spiro atoms. The van der Waals surface area contributed by atoms with Gasteiger partial charge in [0.2, 0.25) is 5.91 Å². The molecular weight excluding hydrogens is 271 g/mol. The Balaban J connectivity index is 1.97. The van der Waals surface area contributed by atoms with Gasteiger partial charge in [0.25, 0.3) is 5.91 Å². The molecule has 4 nitrogen and oxygen atoms in total. The van der Waals surface area contributed by atoms with Gasteiger partial charge in [-0.25, -0.2) is 4.39 Å². The van der Waals surface area contributed by atoms with E-state index in [4.69, 9.17) is 5.73 Å². The lowest BCUT2D eigenvalue weighted by Gasteiger charge is -2.23. The van der Waals surface area contributed by atoms with Gasteiger partial charge in [-0.2, -0.15) is 0 Å². The van der Waals surface area contributed by atoms with Crippen LogP contribution in [0.2, 0.25) is 0 Å². The predicted octanol–water partition coefficient (Wildman–Crippen LogP) is 2.62. The lowest BCUT2D eigenvalue weighted by Crippen LogP contribution is -2.29. The molecule has 21 heavy (non-hydrogen) atoms. The van der Waals surface area contributed by atoms with E-state index in [9.17, 15) is 14.0 Å². The van der Waals surface area contributed by atoms with E-state index in [0.29, 0.717) is 6.54 Å². The van der Waals surface area contributed by atoms with Crippen molar-refractivity contribution in [1.82, 2.24) is 5.32 Å². The van der Waals surface area contributed by atoms with Crippen molar-refractivity contribution >= 4 is 11.8 Å². The van der Waals surface area contributed by atoms with Crippen LogP contribution in [0.1, 0.15) is 59.7 Å². The summed E-state index contributed by atoms with van der Waals surface area (Å²) < 4.78 is 13.7. The number of primary amides is 1. The summed E-state index contributed by atoms with van der Waals surface area (Å²) in [5.74, 6) is -1.83. The second kappa shape index (κ2) is 6.24. The van der Waals surface area contributed by atoms with Gasteiger partial charge in [-0.15, -0.1) is 0 Å². The fraction of sp³-hybridized carbons (Fsp3) is 0.500. The molecule has 0 unspecified atom stereocenters. The molecule has 0 aromatic heterocycles. The average Bonchev–Trinajstić information content (AvgIpc) is 2.85. The highest BCUT2D eigenvalue weighted by atomic mass is 19.1. The summed E-state index contributed by atoms with van der Waals surface area (Å²) in [5.41, 5.74) is 5.41. The molecule has 2 amide bonds. The zero-order chi connectivity index (χ0) is 15.5. The highest BCUT2D eigenvalue weighted by Crippen LogP contribution is 2.39. The van der Waals surface area contributed by atoms with Crippen LogP contribution < -0.4 is 11.1 Å². The van der Waals surface area contributed by atoms with Crippen molar-refractivity contribution in [3.63, 3.8) is 0 Å². The fourth-order valence-electron chi connectivity index (χ4n) is 2.90. The minimum atomic E-state index is -0.678. The molecule has 0 bridgehead atoms. The highest BCUT2D eigenvalue weighted by Gasteiger charge is 2.28. The van der Waals surface area contributed by atoms with Crippen molar-refractivity contribution in [2.45, 2.75) is 39.0 Å². The normalized spacial score (nSPS) is 16.7. The van der Waals surface area contributed by atoms with Gasteiger partial charge in [0.15, 0.2) is 0 Å². The quantitative estimate of drug-likeness (QED) is 0.875. The minimum Gasteiger partial charge on any atom is -0.366 e. The number of halogens is 1. The monoisotopic (exact) mass is 292 g/mol. The van der Waals surface area contributed by atoms with Crippen LogP contribution in [0.3, 0.4) is 0 Å². The Morgan fingerprint density at radius 2 is 2.00 bits per heavy atom. The molecule has 1 fully saturated rings. The SMILES string of the molecule is CC1(CCNC(=O)c2cc(C(N)=O)ccc2F)CCCC1. The third-order valence-electron chi connectivity index (χ3n) is 4.32. The fourth-order valence-corrected chi connectivity index (χ4v) is 2.90. The standard InChI is InChI=1S/C16H21FN2O2/c1-16(6-2-3-7-16)8-9-19-15(21)12-10-11(14(18)20)4-5-13(12)17/h4-5,10H,2-3,6-9H2,1H3,(H2,18,20)(H,19,21). The summed E-state index contributed by atoms with van der Waals surface area (Å²) >= 11 is 0. The maximum Gasteiger partial charge on any atom is 0.254 e. The summed E-state index contributed by atoms with van der Waals surface area (Å²) in [7, 11) is 0. The summed E-state index contributed by atoms with van der Waals surface area (Å²) in [6.45, 7) is 2.73. The molecular formula is C16H21FN2O2. The molecule has 0 aliphatic heterocycles. The Kier molecular flexibility index (Phi) is 4.60. The van der Waals surface area contributed by atoms with Crippen molar-refractivity contribution in [1.29, 1.82) is 0 Å². The first-order valence-electron chi connectivity index (χ1n) is 7.29. The van der Waals surface area contributed by atoms with Crippen LogP contribution in [-0.4, -0.2) is 18.4 Å². The lowest BCUT2D eigenvalue weighted by molar-refractivity contribution is 0.0944. The van der Waals surface area contributed by atoms with Crippen molar-refractivity contribution in [3.8, 4) is 0 Å². The number of rotatable bonds is 5. The second-order valence-corrected chi connectivity index (χ2v) is 6.08. The van der Waals surface area contributed by atoms with Crippen LogP contribution in [0.15, 0.2) is 18.2 Å². The number of carbonyl (C=O) groups is 2. The molecule has 1 saturated carbocycles. The lowest BCUT2D eigenvalue weighted by atomic mass is 9.85. The third-order valence-corrected chi connectivity index (χ3v) is 4.32. The molecule has 5 heteroatoms. The molecule has 1 aromatic carbocycles. The first kappa shape index (κ1) is 15.5. The third kappa shape index (κ3) is 3.80. The van der Waals surface area contributed by atoms with E-state index in [2.05, 4.69) is 12.2 Å². The van der Waals surface area contributed by atoms with Gasteiger partial charge < -0.3 is 11.1 Å². The van der Waals surface area contributed by atoms with E-state index in [0.717, 1.165) is 12.5 Å². The number of benzene rings is 1. The molecule has 0 saturated heterocycles. The van der Waals surface area contributed by atoms with Crippen molar-refractivity contribution in [2.24, 2.45) is 11.1 Å². The minimum absolute atomic E-state index is 0.129. The first-order chi connectivity index (χ1) is 9.91. The zero-order valence-corrected chi connectivity index (χ0v) is 12.2. The smallest absolute Gasteiger partial charge is 0.254 e. The molecule has 1 aliphatic rings. The van der Waals surface area contributed by atoms with E-state index in [1.807, 2.05) is 0 Å². The highest BCUT2D eigenvalue weighted by molar-refractivity contribution is 5.99. The van der Waals surface area contributed by atoms with E-state index in [1.165, 1.54) is 37.8 Å². The molecule has 3 N–H and O–H groups in total. The Bertz CT molecular complexity index is 551. The molecule has 114 valence electrons. The van der Waals surface area contributed by atoms with Gasteiger partial charge in [0, 0.05) is 12.1 Å². The summed E-state index contributed by atoms with van der Waals surface area (Å²) in [6.07, 6.45) is 5.71. The van der Waals surface area contributed by atoms with Crippen LogP contribution in [-0.2, 0) is 0 Å². The molecule has 0 atom stereocenters. The molecule has 0 heterocycles. The van der Waals surface area contributed by atoms with Gasteiger partial charge in [-0.05, 0) is 42.9 Å². The van der Waals surface area contributed by atoms with E-state index in [1.54, 1.807) is 0 Å². The van der Waals surface area contributed by atoms with Gasteiger partial charge >= 0.3 is 0 Å². The summed E-state index contributed by atoms with van der Waals surface area (Å²) in [4.78, 5) is 23.1. The maximum absolute atomic E-state index is 13.7. The van der Waals surface area contributed by atoms with Gasteiger partial charge in [0.1, 0.15) is 5.82 Å². The molecule has 1 aliphatic carbocycles. The van der Waals surface area contributed by atoms with Crippen molar-refractivity contribution < 1.29 is 14.0 Å². The Morgan fingerprint density at radius 1 is 1.33 bits per heavy atom. The van der Waals surface area contributed by atoms with Crippen LogP contribution in [0, 0.1) is 11.2 Å². The van der Waals surface area contributed by atoms with Crippen LogP contribution >= 0.6 is 0 Å². The average molecular weight is 292 g/mol. The molecule has 0 radical (unpaired) electrons. The maximum atomic E-state index is 13.7. The first-order valence-corrected chi connectivity index (χ1v) is 7.29. The van der Waals surface area contributed by atoms with Crippen LogP contribution in [0.4, 0.5) is 4.39 Å². The number of nitrogens with one attached hydrogen (secondary N) is 1. The molecule has 2 rings (SSSR count). The largest absolute Gasteiger partial charge is 0.366 e. The summed E-state index contributed by atoms with van der Waals surface area (Å²) in [6, 6.07) is 3.56. The Hall–Kier alpha value is -1.91. The van der Waals surface area contributed by atoms with Crippen LogP contribution in [0.5, 0.6) is 0 Å². The van der Waals surface area contributed by atoms with Crippen LogP contribution in [0.25, 0.3) is 0 Å². The Morgan fingerprint density at radius 3 is 2.62 bits per heavy atom. The number of nitrogens with two attached hydrogens (primary N) is 1. The van der Waals surface area contributed by atoms with Crippen molar-refractivity contribution in [2.75, 3.05) is 6.54 Å². The van der Waals surface area contributed by atoms with Gasteiger partial charge in [-0.1, -0.05) is 19.8 Å². The molecule has 1 aromatic rings. The summed E-state index contributed by atoms with van der Waals surface area (Å²) in [5, 5.41) is 2.73. The number of carbonyl (C=O) groups excluding carboxylic acids is 2. The van der Waals surface area contributed by atoms with E-state index in [-0.39, 0.29) is 16.5 Å². The van der Waals surface area contributed by atoms with Crippen molar-refractivity contribution in [3.05, 3.63) is 35.1 Å². The zero-order valence-electron chi connectivity index (χ0n) is 12.2. The van der Waals surface area contributed by atoms with Gasteiger partial charge in [-0.3, -0.25) is 9.59 Å². The Labute approximate surface area is 123 Å². The topological polar surface area (TPSA) is 72.2 Å². The number of hydrogen-bond acceptors (Lipinski definition) is 2. The second-order valence-electron chi connectivity index (χ2n) is 6.08. The van der Waals surface area contributed by atoms with E-state index >= 15 is 0 Å². The van der Waals surface area contributed by atoms with E-state index < -0.39 is 17.6 Å². The number of hydrogen-bond donors (Lipinski definition) is 2. The predicted molar refractivity (Wildman–Crippen MR) is 78.4 cm³/mol.